The number of carbonyl (C=O) groups is 1. The molecule has 0 unspecified atom stereocenters. The minimum absolute atomic E-state index is 0.00653. The van der Waals surface area contributed by atoms with Crippen LogP contribution in [0.4, 0.5) is 0 Å². The highest BCUT2D eigenvalue weighted by atomic mass is 127. The highest BCUT2D eigenvalue weighted by molar-refractivity contribution is 14.1. The molecule has 1 amide bonds. The van der Waals surface area contributed by atoms with Gasteiger partial charge in [-0.2, -0.15) is 0 Å². The van der Waals surface area contributed by atoms with Gasteiger partial charge in [-0.25, -0.2) is 0 Å². The van der Waals surface area contributed by atoms with Crippen LogP contribution in [-0.2, 0) is 9.53 Å². The van der Waals surface area contributed by atoms with E-state index < -0.39 is 0 Å². The van der Waals surface area contributed by atoms with Crippen LogP contribution in [0.5, 0.6) is 5.75 Å². The van der Waals surface area contributed by atoms with Gasteiger partial charge < -0.3 is 14.8 Å². The first-order valence-electron chi connectivity index (χ1n) is 6.49. The molecule has 1 fully saturated rings. The van der Waals surface area contributed by atoms with Gasteiger partial charge in [0.05, 0.1) is 19.1 Å². The molecule has 0 saturated carbocycles. The molecule has 0 radical (unpaired) electrons. The van der Waals surface area contributed by atoms with Crippen molar-refractivity contribution in [2.24, 2.45) is 5.92 Å². The lowest BCUT2D eigenvalue weighted by Gasteiger charge is -2.21. The Kier molecular flexibility index (Phi) is 5.91. The number of carbonyl (C=O) groups excluding carboxylic acids is 1. The fourth-order valence-corrected chi connectivity index (χ4v) is 2.33. The van der Waals surface area contributed by atoms with Crippen LogP contribution in [0.1, 0.15) is 12.8 Å². The topological polar surface area (TPSA) is 47.6 Å². The van der Waals surface area contributed by atoms with Gasteiger partial charge in [0.2, 0.25) is 5.91 Å². The Morgan fingerprint density at radius 1 is 1.42 bits per heavy atom. The summed E-state index contributed by atoms with van der Waals surface area (Å²) in [6, 6.07) is 7.85. The van der Waals surface area contributed by atoms with Gasteiger partial charge in [0.25, 0.3) is 0 Å². The maximum Gasteiger partial charge on any atom is 0.225 e. The van der Waals surface area contributed by atoms with Crippen LogP contribution in [0.2, 0.25) is 0 Å². The fourth-order valence-electron chi connectivity index (χ4n) is 1.97. The molecule has 0 bridgehead atoms. The summed E-state index contributed by atoms with van der Waals surface area (Å²) in [6.07, 6.45) is 1.89. The Balaban J connectivity index is 1.63. The van der Waals surface area contributed by atoms with E-state index in [9.17, 15) is 4.79 Å². The Labute approximate surface area is 127 Å². The lowest BCUT2D eigenvalue weighted by atomic mass is 10.0. The predicted octanol–water partition coefficient (Wildman–Crippen LogP) is 2.21. The molecule has 1 saturated heterocycles. The molecular formula is C14H18INO3. The number of hydrogen-bond acceptors (Lipinski definition) is 3. The minimum atomic E-state index is 0.00653. The zero-order chi connectivity index (χ0) is 13.5. The van der Waals surface area contributed by atoms with E-state index in [0.717, 1.165) is 25.2 Å². The van der Waals surface area contributed by atoms with E-state index in [-0.39, 0.29) is 11.8 Å². The third-order valence-electron chi connectivity index (χ3n) is 3.01. The molecule has 1 aliphatic heterocycles. The molecular weight excluding hydrogens is 357 g/mol. The molecule has 104 valence electrons. The Morgan fingerprint density at radius 2 is 2.21 bits per heavy atom. The first-order chi connectivity index (χ1) is 9.25. The van der Waals surface area contributed by atoms with Crippen molar-refractivity contribution in [1.29, 1.82) is 0 Å². The van der Waals surface area contributed by atoms with E-state index in [4.69, 9.17) is 9.47 Å². The summed E-state index contributed by atoms with van der Waals surface area (Å²) in [5.41, 5.74) is 0. The molecule has 1 aromatic carbocycles. The molecule has 4 nitrogen and oxygen atoms in total. The van der Waals surface area contributed by atoms with Crippen molar-refractivity contribution in [2.45, 2.75) is 12.8 Å². The number of halogens is 1. The van der Waals surface area contributed by atoms with Crippen LogP contribution in [0.15, 0.2) is 24.3 Å². The van der Waals surface area contributed by atoms with E-state index in [2.05, 4.69) is 27.9 Å². The van der Waals surface area contributed by atoms with Gasteiger partial charge in [-0.1, -0.05) is 0 Å². The van der Waals surface area contributed by atoms with Crippen LogP contribution in [0.25, 0.3) is 0 Å². The van der Waals surface area contributed by atoms with Crippen molar-refractivity contribution in [3.63, 3.8) is 0 Å². The summed E-state index contributed by atoms with van der Waals surface area (Å²) in [5.74, 6) is 0.911. The van der Waals surface area contributed by atoms with Gasteiger partial charge in [-0.15, -0.1) is 0 Å². The number of ether oxygens (including phenoxy) is 2. The lowest BCUT2D eigenvalue weighted by Crippen LogP contribution is -2.37. The van der Waals surface area contributed by atoms with Gasteiger partial charge >= 0.3 is 0 Å². The predicted molar refractivity (Wildman–Crippen MR) is 81.2 cm³/mol. The summed E-state index contributed by atoms with van der Waals surface area (Å²) in [6.45, 7) is 2.34. The maximum absolute atomic E-state index is 11.8. The zero-order valence-electron chi connectivity index (χ0n) is 10.7. The average Bonchev–Trinajstić information content (AvgIpc) is 2.46. The normalized spacial score (nSPS) is 18.9. The van der Waals surface area contributed by atoms with Crippen molar-refractivity contribution in [3.05, 3.63) is 27.8 Å². The molecule has 0 aromatic heterocycles. The van der Waals surface area contributed by atoms with Crippen LogP contribution in [0, 0.1) is 9.49 Å². The highest BCUT2D eigenvalue weighted by Crippen LogP contribution is 2.14. The van der Waals surface area contributed by atoms with Crippen molar-refractivity contribution >= 4 is 28.5 Å². The monoisotopic (exact) mass is 375 g/mol. The molecule has 0 spiro atoms. The third kappa shape index (κ3) is 4.99. The molecule has 1 N–H and O–H groups in total. The number of hydrogen-bond donors (Lipinski definition) is 1. The molecule has 19 heavy (non-hydrogen) atoms. The minimum Gasteiger partial charge on any atom is -0.492 e. The van der Waals surface area contributed by atoms with Crippen LogP contribution >= 0.6 is 22.6 Å². The first kappa shape index (κ1) is 14.6. The second kappa shape index (κ2) is 7.69. The summed E-state index contributed by atoms with van der Waals surface area (Å²) < 4.78 is 12.0. The molecule has 1 heterocycles. The highest BCUT2D eigenvalue weighted by Gasteiger charge is 2.20. The zero-order valence-corrected chi connectivity index (χ0v) is 12.9. The van der Waals surface area contributed by atoms with Crippen molar-refractivity contribution in [1.82, 2.24) is 5.32 Å². The average molecular weight is 375 g/mol. The second-order valence-corrected chi connectivity index (χ2v) is 5.75. The lowest BCUT2D eigenvalue weighted by molar-refractivity contribution is -0.129. The van der Waals surface area contributed by atoms with Crippen molar-refractivity contribution < 1.29 is 14.3 Å². The molecule has 5 heteroatoms. The van der Waals surface area contributed by atoms with Gasteiger partial charge in [-0.05, 0) is 59.7 Å². The first-order valence-corrected chi connectivity index (χ1v) is 7.57. The number of rotatable bonds is 5. The summed E-state index contributed by atoms with van der Waals surface area (Å²) in [4.78, 5) is 11.8. The third-order valence-corrected chi connectivity index (χ3v) is 3.73. The van der Waals surface area contributed by atoms with E-state index in [0.29, 0.717) is 19.8 Å². The smallest absolute Gasteiger partial charge is 0.225 e. The van der Waals surface area contributed by atoms with Gasteiger partial charge in [0.15, 0.2) is 0 Å². The standard InChI is InChI=1S/C14H18INO3/c15-12-3-5-13(6-4-12)19-9-7-16-14(17)11-2-1-8-18-10-11/h3-6,11H,1-2,7-10H2,(H,16,17)/t11-/m0/s1. The molecule has 1 aromatic rings. The van der Waals surface area contributed by atoms with E-state index in [1.165, 1.54) is 3.57 Å². The van der Waals surface area contributed by atoms with E-state index in [1.54, 1.807) is 0 Å². The fraction of sp³-hybridized carbons (Fsp3) is 0.500. The van der Waals surface area contributed by atoms with Crippen LogP contribution in [-0.4, -0.2) is 32.3 Å². The molecule has 2 rings (SSSR count). The Hall–Kier alpha value is -0.820. The van der Waals surface area contributed by atoms with Crippen LogP contribution < -0.4 is 10.1 Å². The van der Waals surface area contributed by atoms with Gasteiger partial charge in [-0.3, -0.25) is 4.79 Å². The summed E-state index contributed by atoms with van der Waals surface area (Å²) >= 11 is 2.25. The van der Waals surface area contributed by atoms with E-state index >= 15 is 0 Å². The van der Waals surface area contributed by atoms with E-state index in [1.807, 2.05) is 24.3 Å². The molecule has 1 aliphatic rings. The number of benzene rings is 1. The number of nitrogens with one attached hydrogen (secondary N) is 1. The second-order valence-electron chi connectivity index (χ2n) is 4.51. The maximum atomic E-state index is 11.8. The summed E-state index contributed by atoms with van der Waals surface area (Å²) in [5, 5.41) is 2.89. The quantitative estimate of drug-likeness (QED) is 0.634. The van der Waals surface area contributed by atoms with Crippen molar-refractivity contribution in [2.75, 3.05) is 26.4 Å². The van der Waals surface area contributed by atoms with Gasteiger partial charge in [0.1, 0.15) is 12.4 Å². The summed E-state index contributed by atoms with van der Waals surface area (Å²) in [7, 11) is 0. The molecule has 1 atom stereocenters. The number of amides is 1. The SMILES string of the molecule is O=C(NCCOc1ccc(I)cc1)[C@H]1CCCOC1. The Morgan fingerprint density at radius 3 is 2.89 bits per heavy atom. The van der Waals surface area contributed by atoms with Crippen molar-refractivity contribution in [3.8, 4) is 5.75 Å². The van der Waals surface area contributed by atoms with Gasteiger partial charge in [0, 0.05) is 10.2 Å². The Bertz CT molecular complexity index is 402. The van der Waals surface area contributed by atoms with Crippen LogP contribution in [0.3, 0.4) is 0 Å². The largest absolute Gasteiger partial charge is 0.492 e. The molecule has 0 aliphatic carbocycles.